The third-order valence-electron chi connectivity index (χ3n) is 2.73. The number of hydrogen-bond acceptors (Lipinski definition) is 5. The second-order valence-corrected chi connectivity index (χ2v) is 7.04. The first-order valence-electron chi connectivity index (χ1n) is 8.93. The molecule has 142 valence electrons. The summed E-state index contributed by atoms with van der Waals surface area (Å²) in [6, 6.07) is 0. The molecule has 0 aromatic heterocycles. The average molecular weight is 344 g/mol. The van der Waals surface area contributed by atoms with E-state index in [4.69, 9.17) is 18.9 Å². The third kappa shape index (κ3) is 21.4. The zero-order valence-corrected chi connectivity index (χ0v) is 16.3. The Morgan fingerprint density at radius 1 is 0.792 bits per heavy atom. The summed E-state index contributed by atoms with van der Waals surface area (Å²) < 4.78 is 21.7. The number of ether oxygens (including phenoxy) is 4. The lowest BCUT2D eigenvalue weighted by atomic mass is 9.98. The molecule has 1 N–H and O–H groups in total. The minimum atomic E-state index is 0.0332. The Hall–Kier alpha value is -0.640. The van der Waals surface area contributed by atoms with E-state index in [0.717, 1.165) is 19.7 Å². The molecule has 0 heterocycles. The highest BCUT2D eigenvalue weighted by Crippen LogP contribution is 2.09. The summed E-state index contributed by atoms with van der Waals surface area (Å²) >= 11 is 0. The van der Waals surface area contributed by atoms with Gasteiger partial charge < -0.3 is 24.3 Å². The Labute approximate surface area is 148 Å². The van der Waals surface area contributed by atoms with Gasteiger partial charge in [0.25, 0.3) is 0 Å². The van der Waals surface area contributed by atoms with Crippen LogP contribution in [0.25, 0.3) is 0 Å². The van der Waals surface area contributed by atoms with Crippen LogP contribution in [0.1, 0.15) is 34.6 Å². The second kappa shape index (κ2) is 15.9. The van der Waals surface area contributed by atoms with Gasteiger partial charge in [0.2, 0.25) is 0 Å². The van der Waals surface area contributed by atoms with Gasteiger partial charge in [0.15, 0.2) is 0 Å². The van der Waals surface area contributed by atoms with E-state index in [0.29, 0.717) is 52.2 Å². The van der Waals surface area contributed by atoms with Crippen molar-refractivity contribution in [2.45, 2.75) is 34.6 Å². The van der Waals surface area contributed by atoms with Crippen molar-refractivity contribution in [2.75, 3.05) is 65.9 Å². The predicted molar refractivity (Wildman–Crippen MR) is 98.2 cm³/mol. The molecular weight excluding hydrogens is 306 g/mol. The van der Waals surface area contributed by atoms with Crippen LogP contribution >= 0.6 is 0 Å². The highest BCUT2D eigenvalue weighted by molar-refractivity contribution is 5.07. The standard InChI is InChI=1S/C19H37NO4/c1-18(2)17-20-8-10-22-12-14-24-16-15-23-13-11-21-9-6-7-19(3,4)5/h18,20H,8-17H2,1-5H3. The molecule has 0 aliphatic rings. The summed E-state index contributed by atoms with van der Waals surface area (Å²) in [6.45, 7) is 17.2. The van der Waals surface area contributed by atoms with Crippen molar-refractivity contribution in [3.05, 3.63) is 0 Å². The zero-order valence-electron chi connectivity index (χ0n) is 16.3. The van der Waals surface area contributed by atoms with Gasteiger partial charge in [-0.3, -0.25) is 0 Å². The first-order valence-corrected chi connectivity index (χ1v) is 8.93. The summed E-state index contributed by atoms with van der Waals surface area (Å²) in [6.07, 6.45) is 0. The number of hydrogen-bond donors (Lipinski definition) is 1. The molecule has 0 saturated carbocycles. The number of nitrogens with one attached hydrogen (secondary N) is 1. The monoisotopic (exact) mass is 343 g/mol. The lowest BCUT2D eigenvalue weighted by Crippen LogP contribution is -2.24. The highest BCUT2D eigenvalue weighted by atomic mass is 16.6. The first-order chi connectivity index (χ1) is 11.4. The van der Waals surface area contributed by atoms with Crippen molar-refractivity contribution >= 4 is 0 Å². The van der Waals surface area contributed by atoms with E-state index in [9.17, 15) is 0 Å². The van der Waals surface area contributed by atoms with Crippen molar-refractivity contribution in [3.8, 4) is 11.8 Å². The fourth-order valence-electron chi connectivity index (χ4n) is 1.62. The van der Waals surface area contributed by atoms with Crippen molar-refractivity contribution < 1.29 is 18.9 Å². The normalized spacial score (nSPS) is 11.6. The molecule has 0 rings (SSSR count). The van der Waals surface area contributed by atoms with Gasteiger partial charge in [0.1, 0.15) is 6.61 Å². The van der Waals surface area contributed by atoms with Crippen molar-refractivity contribution in [2.24, 2.45) is 11.3 Å². The molecule has 24 heavy (non-hydrogen) atoms. The van der Waals surface area contributed by atoms with Gasteiger partial charge in [-0.1, -0.05) is 25.7 Å². The Morgan fingerprint density at radius 3 is 1.79 bits per heavy atom. The summed E-state index contributed by atoms with van der Waals surface area (Å²) in [5.41, 5.74) is 0.0332. The van der Waals surface area contributed by atoms with Crippen LogP contribution in [0.5, 0.6) is 0 Å². The SMILES string of the molecule is CC(C)CNCCOCCOCCOCCOCC#CC(C)(C)C. The molecule has 0 aliphatic heterocycles. The molecule has 0 amide bonds. The van der Waals surface area contributed by atoms with E-state index < -0.39 is 0 Å². The van der Waals surface area contributed by atoms with Crippen molar-refractivity contribution in [1.29, 1.82) is 0 Å². The summed E-state index contributed by atoms with van der Waals surface area (Å²) in [5, 5.41) is 3.33. The van der Waals surface area contributed by atoms with Gasteiger partial charge in [0.05, 0.1) is 46.2 Å². The number of rotatable bonds is 15. The van der Waals surface area contributed by atoms with E-state index >= 15 is 0 Å². The van der Waals surface area contributed by atoms with Crippen LogP contribution in [-0.4, -0.2) is 65.9 Å². The Bertz CT molecular complexity index is 328. The Balaban J connectivity index is 3.11. The van der Waals surface area contributed by atoms with Gasteiger partial charge in [-0.15, -0.1) is 0 Å². The van der Waals surface area contributed by atoms with Crippen molar-refractivity contribution in [3.63, 3.8) is 0 Å². The molecule has 0 aromatic carbocycles. The second-order valence-electron chi connectivity index (χ2n) is 7.04. The maximum atomic E-state index is 5.46. The lowest BCUT2D eigenvalue weighted by Gasteiger charge is -2.09. The fourth-order valence-corrected chi connectivity index (χ4v) is 1.62. The van der Waals surface area contributed by atoms with Crippen LogP contribution in [0, 0.1) is 23.2 Å². The van der Waals surface area contributed by atoms with Gasteiger partial charge in [-0.2, -0.15) is 0 Å². The van der Waals surface area contributed by atoms with Gasteiger partial charge in [0, 0.05) is 12.0 Å². The van der Waals surface area contributed by atoms with E-state index in [2.05, 4.69) is 51.8 Å². The van der Waals surface area contributed by atoms with E-state index in [1.807, 2.05) is 0 Å². The molecular formula is C19H37NO4. The molecule has 0 bridgehead atoms. The molecule has 0 radical (unpaired) electrons. The first kappa shape index (κ1) is 23.4. The highest BCUT2D eigenvalue weighted by Gasteiger charge is 2.02. The molecule has 0 unspecified atom stereocenters. The van der Waals surface area contributed by atoms with Crippen LogP contribution in [0.2, 0.25) is 0 Å². The van der Waals surface area contributed by atoms with Gasteiger partial charge in [-0.25, -0.2) is 0 Å². The lowest BCUT2D eigenvalue weighted by molar-refractivity contribution is 0.00167. The molecule has 5 heteroatoms. The van der Waals surface area contributed by atoms with Gasteiger partial charge >= 0.3 is 0 Å². The zero-order chi connectivity index (χ0) is 18.1. The molecule has 0 spiro atoms. The fraction of sp³-hybridized carbons (Fsp3) is 0.895. The van der Waals surface area contributed by atoms with Crippen LogP contribution in [0.4, 0.5) is 0 Å². The van der Waals surface area contributed by atoms with Crippen LogP contribution < -0.4 is 5.32 Å². The molecule has 0 atom stereocenters. The largest absolute Gasteiger partial charge is 0.378 e. The smallest absolute Gasteiger partial charge is 0.107 e. The summed E-state index contributed by atoms with van der Waals surface area (Å²) in [4.78, 5) is 0. The van der Waals surface area contributed by atoms with E-state index in [-0.39, 0.29) is 5.41 Å². The maximum Gasteiger partial charge on any atom is 0.107 e. The minimum Gasteiger partial charge on any atom is -0.378 e. The summed E-state index contributed by atoms with van der Waals surface area (Å²) in [7, 11) is 0. The Kier molecular flexibility index (Phi) is 15.4. The third-order valence-corrected chi connectivity index (χ3v) is 2.73. The van der Waals surface area contributed by atoms with E-state index in [1.165, 1.54) is 0 Å². The quantitative estimate of drug-likeness (QED) is 0.365. The predicted octanol–water partition coefficient (Wildman–Crippen LogP) is 2.35. The average Bonchev–Trinajstić information content (AvgIpc) is 2.49. The minimum absolute atomic E-state index is 0.0332. The molecule has 5 nitrogen and oxygen atoms in total. The van der Waals surface area contributed by atoms with E-state index in [1.54, 1.807) is 0 Å². The van der Waals surface area contributed by atoms with Crippen molar-refractivity contribution in [1.82, 2.24) is 5.32 Å². The Morgan fingerprint density at radius 2 is 1.29 bits per heavy atom. The topological polar surface area (TPSA) is 49.0 Å². The molecule has 0 aliphatic carbocycles. The molecule has 0 fully saturated rings. The maximum absolute atomic E-state index is 5.46. The van der Waals surface area contributed by atoms with Crippen LogP contribution in [-0.2, 0) is 18.9 Å². The molecule has 0 saturated heterocycles. The van der Waals surface area contributed by atoms with Crippen LogP contribution in [0.3, 0.4) is 0 Å². The molecule has 0 aromatic rings. The van der Waals surface area contributed by atoms with Crippen LogP contribution in [0.15, 0.2) is 0 Å². The summed E-state index contributed by atoms with van der Waals surface area (Å²) in [5.74, 6) is 6.80. The van der Waals surface area contributed by atoms with Gasteiger partial charge in [-0.05, 0) is 33.2 Å².